The van der Waals surface area contributed by atoms with E-state index in [0.717, 1.165) is 36.9 Å². The van der Waals surface area contributed by atoms with Gasteiger partial charge in [0.1, 0.15) is 47.9 Å². The highest BCUT2D eigenvalue weighted by Crippen LogP contribution is 2.67. The van der Waals surface area contributed by atoms with E-state index in [1.165, 1.54) is 6.20 Å². The van der Waals surface area contributed by atoms with Crippen LogP contribution in [0.4, 0.5) is 5.82 Å². The van der Waals surface area contributed by atoms with Crippen molar-refractivity contribution in [3.8, 4) is 23.7 Å². The third-order valence-electron chi connectivity index (χ3n) is 8.03. The average Bonchev–Trinajstić information content (AvgIpc) is 3.77. The maximum Gasteiger partial charge on any atom is 0.490 e. The van der Waals surface area contributed by atoms with Crippen molar-refractivity contribution < 1.29 is 112 Å². The van der Waals surface area contributed by atoms with Crippen LogP contribution in [0.3, 0.4) is 0 Å². The Balaban J connectivity index is 1.47. The smallest absolute Gasteiger partial charge is 0.382 e. The van der Waals surface area contributed by atoms with Crippen LogP contribution in [0.1, 0.15) is 49.8 Å². The zero-order valence-electron chi connectivity index (χ0n) is 34.1. The van der Waals surface area contributed by atoms with Crippen LogP contribution in [0.15, 0.2) is 26.8 Å². The minimum atomic E-state index is -5.90. The molecule has 2 aromatic heterocycles. The number of H-pyrrole nitrogens is 1. The molecule has 4 heterocycles. The molecule has 2 fully saturated rings. The minimum absolute atomic E-state index is 0.0619. The van der Waals surface area contributed by atoms with Gasteiger partial charge in [0.15, 0.2) is 0 Å². The summed E-state index contributed by atoms with van der Waals surface area (Å²) in [6.45, 7) is -0.370. The Morgan fingerprint density at radius 2 is 1.18 bits per heavy atom. The first-order valence-corrected chi connectivity index (χ1v) is 29.7. The fourth-order valence-electron chi connectivity index (χ4n) is 5.54. The van der Waals surface area contributed by atoms with E-state index < -0.39 is 114 Å². The Morgan fingerprint density at radius 1 is 0.721 bits per heavy atom. The van der Waals surface area contributed by atoms with Crippen molar-refractivity contribution in [2.24, 2.45) is 5.73 Å². The van der Waals surface area contributed by atoms with Crippen molar-refractivity contribution in [2.75, 3.05) is 37.4 Å². The summed E-state index contributed by atoms with van der Waals surface area (Å²) in [5.74, 6) is 9.61. The molecule has 68 heavy (non-hydrogen) atoms. The summed E-state index contributed by atoms with van der Waals surface area (Å²) in [5.41, 5.74) is 8.43. The molecule has 4 rings (SSSR count). The SMILES string of the molecule is CCC#Cc1cn([C@H]2C[C@@H](OCSSCO[C@@H]3C[C@H](n4cc(C#CCN)c(N)nc4=O)O[C@@H]3COP(=O)(O)OP(=O)(O)OP(=O)(O)O)[C@@H](COP(=O)(O)OP(=O)(O)OP(=O)(O)O)O2)c(=O)[nH]c1=O. The summed E-state index contributed by atoms with van der Waals surface area (Å²) in [7, 11) is -32.6. The number of anilines is 1. The molecule has 13 N–H and O–H groups in total. The highest BCUT2D eigenvalue weighted by molar-refractivity contribution is 8.76. The van der Waals surface area contributed by atoms with E-state index in [0.29, 0.717) is 6.42 Å². The fourth-order valence-corrected chi connectivity index (χ4v) is 12.9. The number of hydrogen-bond donors (Lipinski definition) is 11. The van der Waals surface area contributed by atoms with Gasteiger partial charge in [0.05, 0.1) is 37.5 Å². The predicted molar refractivity (Wildman–Crippen MR) is 229 cm³/mol. The Kier molecular flexibility index (Phi) is 21.0. The number of rotatable bonds is 23. The highest BCUT2D eigenvalue weighted by Gasteiger charge is 2.45. The summed E-state index contributed by atoms with van der Waals surface area (Å²) < 4.78 is 120. The number of hydrogen-bond acceptors (Lipinski definition) is 24. The van der Waals surface area contributed by atoms with Crippen molar-refractivity contribution in [1.29, 1.82) is 0 Å². The first-order valence-electron chi connectivity index (χ1n) is 18.2. The number of nitrogens with zero attached hydrogens (tertiary/aromatic N) is 3. The number of nitrogens with two attached hydrogens (primary N) is 2. The molecule has 0 amide bonds. The Bertz CT molecular complexity index is 2740. The zero-order chi connectivity index (χ0) is 50.9. The lowest BCUT2D eigenvalue weighted by molar-refractivity contribution is -0.0546. The quantitative estimate of drug-likeness (QED) is 0.0225. The number of phosphoric ester groups is 2. The topological polar surface area (TPSA) is 498 Å². The number of nitrogen functional groups attached to an aromatic ring is 1. The molecule has 2 aliphatic heterocycles. The second kappa shape index (κ2) is 24.5. The van der Waals surface area contributed by atoms with E-state index in [-0.39, 0.29) is 48.2 Å². The molecule has 41 heteroatoms. The molecule has 2 saturated heterocycles. The Hall–Kier alpha value is -2.20. The van der Waals surface area contributed by atoms with Gasteiger partial charge in [0.25, 0.3) is 5.56 Å². The molecule has 4 unspecified atom stereocenters. The molecule has 0 aliphatic carbocycles. The molecular weight excluding hydrogens is 1090 g/mol. The number of nitrogens with one attached hydrogen (secondary N) is 1. The van der Waals surface area contributed by atoms with Crippen LogP contribution >= 0.6 is 68.5 Å². The molecule has 2 aromatic rings. The zero-order valence-corrected chi connectivity index (χ0v) is 41.1. The van der Waals surface area contributed by atoms with Crippen molar-refractivity contribution in [3.05, 3.63) is 54.8 Å². The van der Waals surface area contributed by atoms with Crippen LogP contribution in [0.2, 0.25) is 0 Å². The van der Waals surface area contributed by atoms with Crippen LogP contribution in [0.25, 0.3) is 0 Å². The van der Waals surface area contributed by atoms with E-state index in [2.05, 4.69) is 50.9 Å². The molecule has 0 spiro atoms. The van der Waals surface area contributed by atoms with Crippen molar-refractivity contribution in [2.45, 2.75) is 63.1 Å². The Morgan fingerprint density at radius 3 is 1.63 bits per heavy atom. The number of ether oxygens (including phenoxy) is 4. The van der Waals surface area contributed by atoms with Gasteiger partial charge in [-0.3, -0.25) is 28.0 Å². The first-order chi connectivity index (χ1) is 31.4. The number of aromatic nitrogens is 4. The largest absolute Gasteiger partial charge is 0.490 e. The van der Waals surface area contributed by atoms with Crippen molar-refractivity contribution >= 4 is 74.3 Å². The molecular formula is C27H40N6O27P6S2. The normalized spacial score (nSPS) is 24.4. The maximum absolute atomic E-state index is 12.8. The summed E-state index contributed by atoms with van der Waals surface area (Å²) in [6.07, 6.45) is -5.46. The molecule has 10 atom stereocenters. The van der Waals surface area contributed by atoms with Crippen LogP contribution in [0.5, 0.6) is 0 Å². The standard InChI is InChI=1S/C27H40N6O27P6S2/c1-2-3-5-17-11-33(27(36)31-25(17)34)23-9-19(21(56-23)13-54-64(45,46)60-66(49,50)58-62(40,41)42)52-15-68-67-14-51-18-8-22(32-10-16(6-4-7-28)24(29)30-26(32)35)55-20(18)12-53-63(43,44)59-65(47,48)57-61(37,38)39/h10-11,18-23H,2,7-9,12-15,28H2,1H3,(H,43,44)(H,45,46)(H,47,48)(H,49,50)(H2,29,30,35)(H,31,34,36)(H2,37,38,39)(H2,40,41,42)/t18-,19-,20-,21-,22-,23-/m1/s1. The second-order valence-electron chi connectivity index (χ2n) is 13.0. The van der Waals surface area contributed by atoms with E-state index >= 15 is 0 Å². The minimum Gasteiger partial charge on any atom is -0.382 e. The van der Waals surface area contributed by atoms with Gasteiger partial charge in [-0.15, -0.1) is 0 Å². The molecule has 2 aliphatic rings. The molecule has 382 valence electrons. The molecule has 0 aromatic carbocycles. The van der Waals surface area contributed by atoms with Gasteiger partial charge in [0.2, 0.25) is 0 Å². The lowest BCUT2D eigenvalue weighted by atomic mass is 10.2. The van der Waals surface area contributed by atoms with E-state index in [1.807, 2.05) is 0 Å². The molecule has 0 saturated carbocycles. The number of phosphoric acid groups is 6. The van der Waals surface area contributed by atoms with Crippen LogP contribution in [0, 0.1) is 23.7 Å². The van der Waals surface area contributed by atoms with E-state index in [1.54, 1.807) is 6.92 Å². The second-order valence-corrected chi connectivity index (χ2v) is 24.2. The summed E-state index contributed by atoms with van der Waals surface area (Å²) in [4.78, 5) is 118. The molecule has 0 radical (unpaired) electrons. The van der Waals surface area contributed by atoms with Crippen molar-refractivity contribution in [1.82, 2.24) is 19.1 Å². The third kappa shape index (κ3) is 19.1. The number of aromatic amines is 1. The van der Waals surface area contributed by atoms with Crippen LogP contribution in [-0.2, 0) is 72.6 Å². The first kappa shape index (κ1) is 58.4. The molecule has 33 nitrogen and oxygen atoms in total. The van der Waals surface area contributed by atoms with E-state index in [9.17, 15) is 61.3 Å². The third-order valence-corrected chi connectivity index (χ3v) is 17.3. The summed E-state index contributed by atoms with van der Waals surface area (Å²) in [5, 5.41) is 0. The van der Waals surface area contributed by atoms with Crippen LogP contribution < -0.4 is 28.4 Å². The summed E-state index contributed by atoms with van der Waals surface area (Å²) in [6, 6.07) is 0. The van der Waals surface area contributed by atoms with Gasteiger partial charge in [-0.1, -0.05) is 52.2 Å². The Labute approximate surface area is 388 Å². The average molecular weight is 1130 g/mol. The van der Waals surface area contributed by atoms with Gasteiger partial charge in [-0.05, 0) is 0 Å². The van der Waals surface area contributed by atoms with E-state index in [4.69, 9.17) is 59.0 Å². The summed E-state index contributed by atoms with van der Waals surface area (Å²) >= 11 is 0. The predicted octanol–water partition coefficient (Wildman–Crippen LogP) is -0.224. The monoisotopic (exact) mass is 1130 g/mol. The fraction of sp³-hybridized carbons (Fsp3) is 0.556. The highest BCUT2D eigenvalue weighted by atomic mass is 33.1. The van der Waals surface area contributed by atoms with Gasteiger partial charge >= 0.3 is 58.3 Å². The lowest BCUT2D eigenvalue weighted by Gasteiger charge is -2.21. The van der Waals surface area contributed by atoms with Crippen molar-refractivity contribution in [3.63, 3.8) is 0 Å². The van der Waals surface area contributed by atoms with Crippen LogP contribution in [-0.4, -0.2) is 114 Å². The maximum atomic E-state index is 12.8. The van der Waals surface area contributed by atoms with Gasteiger partial charge in [0, 0.05) is 31.7 Å². The van der Waals surface area contributed by atoms with Gasteiger partial charge in [-0.25, -0.2) is 37.0 Å². The lowest BCUT2D eigenvalue weighted by Crippen LogP contribution is -2.33. The van der Waals surface area contributed by atoms with Gasteiger partial charge < -0.3 is 69.6 Å². The molecule has 0 bridgehead atoms. The van der Waals surface area contributed by atoms with Gasteiger partial charge in [-0.2, -0.15) is 22.2 Å².